The van der Waals surface area contributed by atoms with E-state index < -0.39 is 0 Å². The van der Waals surface area contributed by atoms with Crippen molar-refractivity contribution in [3.63, 3.8) is 0 Å². The van der Waals surface area contributed by atoms with Gasteiger partial charge in [0.1, 0.15) is 0 Å². The molecular weight excluding hydrogens is 349 g/mol. The van der Waals surface area contributed by atoms with Crippen molar-refractivity contribution in [2.24, 2.45) is 0 Å². The molecule has 1 aliphatic rings. The average Bonchev–Trinajstić information content (AvgIpc) is 2.37. The van der Waals surface area contributed by atoms with E-state index in [9.17, 15) is 4.79 Å². The Labute approximate surface area is 153 Å². The Morgan fingerprint density at radius 3 is 2.85 bits per heavy atom. The SMILES string of the molecule is O=COC1(Sc2ccnc3ccc(Br)cc23)CCC1.[H-].[Na+]. The summed E-state index contributed by atoms with van der Waals surface area (Å²) in [6.45, 7) is 0.561. The summed E-state index contributed by atoms with van der Waals surface area (Å²) in [4.78, 5) is 15.8. The number of pyridine rings is 1. The van der Waals surface area contributed by atoms with Crippen LogP contribution in [0.25, 0.3) is 10.9 Å². The zero-order valence-electron chi connectivity index (χ0n) is 12.1. The van der Waals surface area contributed by atoms with E-state index in [0.717, 1.165) is 39.5 Å². The molecule has 1 saturated carbocycles. The maximum Gasteiger partial charge on any atom is 1.00 e. The average molecular weight is 362 g/mol. The molecule has 0 atom stereocenters. The molecule has 0 saturated heterocycles. The standard InChI is InChI=1S/C14H12BrNO2S.Na.H/c15-10-2-3-12-11(8-10)13(4-7-16-12)19-14(18-9-17)5-1-6-14;;/h2-4,7-9H,1,5-6H2;;/q;+1;-1. The van der Waals surface area contributed by atoms with Gasteiger partial charge in [-0.15, -0.1) is 0 Å². The topological polar surface area (TPSA) is 39.2 Å². The summed E-state index contributed by atoms with van der Waals surface area (Å²) >= 11 is 5.11. The first-order valence-electron chi connectivity index (χ1n) is 6.07. The van der Waals surface area contributed by atoms with Crippen molar-refractivity contribution in [2.45, 2.75) is 29.1 Å². The van der Waals surface area contributed by atoms with Crippen molar-refractivity contribution in [3.05, 3.63) is 34.9 Å². The third-order valence-corrected chi connectivity index (χ3v) is 5.28. The Kier molecular flexibility index (Phi) is 5.54. The molecule has 2 aromatic rings. The van der Waals surface area contributed by atoms with E-state index in [1.165, 1.54) is 0 Å². The van der Waals surface area contributed by atoms with E-state index in [1.807, 2.05) is 18.2 Å². The van der Waals surface area contributed by atoms with Gasteiger partial charge in [-0.3, -0.25) is 9.78 Å². The summed E-state index contributed by atoms with van der Waals surface area (Å²) in [7, 11) is 0. The van der Waals surface area contributed by atoms with Crippen LogP contribution >= 0.6 is 27.7 Å². The molecular formula is C14H13BrNNaO2S. The fraction of sp³-hybridized carbons (Fsp3) is 0.286. The zero-order chi connectivity index (χ0) is 13.3. The van der Waals surface area contributed by atoms with E-state index in [1.54, 1.807) is 18.0 Å². The van der Waals surface area contributed by atoms with Crippen LogP contribution in [0.1, 0.15) is 20.7 Å². The fourth-order valence-electron chi connectivity index (χ4n) is 2.18. The van der Waals surface area contributed by atoms with Crippen molar-refractivity contribution in [1.82, 2.24) is 4.98 Å². The minimum Gasteiger partial charge on any atom is -1.00 e. The molecule has 1 aromatic carbocycles. The molecule has 1 fully saturated rings. The quantitative estimate of drug-likeness (QED) is 0.467. The van der Waals surface area contributed by atoms with Crippen LogP contribution in [0.5, 0.6) is 0 Å². The molecule has 100 valence electrons. The molecule has 0 aliphatic heterocycles. The maximum absolute atomic E-state index is 10.7. The van der Waals surface area contributed by atoms with Crippen LogP contribution in [0.4, 0.5) is 0 Å². The largest absolute Gasteiger partial charge is 1.00 e. The summed E-state index contributed by atoms with van der Waals surface area (Å²) in [5, 5.41) is 1.09. The van der Waals surface area contributed by atoms with Crippen molar-refractivity contribution in [3.8, 4) is 0 Å². The number of halogens is 1. The van der Waals surface area contributed by atoms with Crippen molar-refractivity contribution in [2.75, 3.05) is 0 Å². The molecule has 3 nitrogen and oxygen atoms in total. The molecule has 3 rings (SSSR count). The van der Waals surface area contributed by atoms with Gasteiger partial charge < -0.3 is 6.16 Å². The summed E-state index contributed by atoms with van der Waals surface area (Å²) < 4.78 is 6.32. The molecule has 0 N–H and O–H groups in total. The summed E-state index contributed by atoms with van der Waals surface area (Å²) in [6.07, 6.45) is 4.72. The van der Waals surface area contributed by atoms with Gasteiger partial charge in [-0.2, -0.15) is 0 Å². The minimum atomic E-state index is -0.377. The van der Waals surface area contributed by atoms with E-state index in [4.69, 9.17) is 4.74 Å². The Bertz CT molecular complexity index is 639. The van der Waals surface area contributed by atoms with E-state index in [2.05, 4.69) is 27.0 Å². The number of nitrogens with zero attached hydrogens (tertiary/aromatic N) is 1. The van der Waals surface area contributed by atoms with E-state index in [0.29, 0.717) is 6.47 Å². The Balaban J connectivity index is 0.00000110. The Morgan fingerprint density at radius 2 is 2.20 bits per heavy atom. The molecule has 1 aliphatic carbocycles. The Hall–Kier alpha value is -0.0700. The van der Waals surface area contributed by atoms with Crippen molar-refractivity contribution < 1.29 is 40.5 Å². The number of aromatic nitrogens is 1. The number of hydrogen-bond donors (Lipinski definition) is 0. The van der Waals surface area contributed by atoms with Gasteiger partial charge in [0.15, 0.2) is 4.93 Å². The molecule has 1 heterocycles. The zero-order valence-corrected chi connectivity index (χ0v) is 15.5. The number of carbonyl (C=O) groups is 1. The van der Waals surface area contributed by atoms with Crippen molar-refractivity contribution in [1.29, 1.82) is 0 Å². The van der Waals surface area contributed by atoms with Gasteiger partial charge in [0.2, 0.25) is 0 Å². The van der Waals surface area contributed by atoms with Crippen molar-refractivity contribution >= 4 is 45.1 Å². The number of rotatable bonds is 4. The van der Waals surface area contributed by atoms with Crippen LogP contribution in [0.3, 0.4) is 0 Å². The third-order valence-electron chi connectivity index (χ3n) is 3.34. The molecule has 0 radical (unpaired) electrons. The molecule has 1 aromatic heterocycles. The van der Waals surface area contributed by atoms with Crippen LogP contribution < -0.4 is 29.6 Å². The number of carbonyl (C=O) groups excluding carboxylic acids is 1. The number of hydrogen-bond acceptors (Lipinski definition) is 4. The second-order valence-corrected chi connectivity index (χ2v) is 6.85. The molecule has 6 heteroatoms. The number of fused-ring (bicyclic) bond motifs is 1. The molecule has 20 heavy (non-hydrogen) atoms. The monoisotopic (exact) mass is 361 g/mol. The van der Waals surface area contributed by atoms with Crippen LogP contribution in [-0.4, -0.2) is 16.4 Å². The summed E-state index contributed by atoms with van der Waals surface area (Å²) in [6, 6.07) is 7.99. The number of thioether (sulfide) groups is 1. The first-order valence-corrected chi connectivity index (χ1v) is 7.68. The van der Waals surface area contributed by atoms with Gasteiger partial charge in [0, 0.05) is 21.0 Å². The summed E-state index contributed by atoms with van der Waals surface area (Å²) in [5.41, 5.74) is 0.953. The van der Waals surface area contributed by atoms with Crippen LogP contribution in [0.2, 0.25) is 0 Å². The van der Waals surface area contributed by atoms with E-state index >= 15 is 0 Å². The molecule has 0 bridgehead atoms. The van der Waals surface area contributed by atoms with Crippen LogP contribution in [0.15, 0.2) is 39.8 Å². The van der Waals surface area contributed by atoms with Gasteiger partial charge in [-0.25, -0.2) is 0 Å². The van der Waals surface area contributed by atoms with Gasteiger partial charge in [-0.1, -0.05) is 27.7 Å². The van der Waals surface area contributed by atoms with E-state index in [-0.39, 0.29) is 35.9 Å². The maximum atomic E-state index is 10.7. The van der Waals surface area contributed by atoms with Crippen LogP contribution in [-0.2, 0) is 9.53 Å². The molecule has 0 spiro atoms. The van der Waals surface area contributed by atoms with Gasteiger partial charge in [-0.05, 0) is 43.5 Å². The second-order valence-electron chi connectivity index (χ2n) is 4.55. The minimum absolute atomic E-state index is 0. The fourth-order valence-corrected chi connectivity index (χ4v) is 3.92. The van der Waals surface area contributed by atoms with Crippen LogP contribution in [0, 0.1) is 0 Å². The number of benzene rings is 1. The first kappa shape index (κ1) is 16.3. The normalized spacial score (nSPS) is 16.1. The van der Waals surface area contributed by atoms with Gasteiger partial charge in [0.25, 0.3) is 6.47 Å². The second kappa shape index (κ2) is 6.79. The Morgan fingerprint density at radius 1 is 1.40 bits per heavy atom. The number of ether oxygens (including phenoxy) is 1. The predicted octanol–water partition coefficient (Wildman–Crippen LogP) is 1.26. The smallest absolute Gasteiger partial charge is 1.00 e. The summed E-state index contributed by atoms with van der Waals surface area (Å²) in [5.74, 6) is 0. The molecule has 0 unspecified atom stereocenters. The van der Waals surface area contributed by atoms with Gasteiger partial charge >= 0.3 is 29.6 Å². The predicted molar refractivity (Wildman–Crippen MR) is 80.1 cm³/mol. The molecule has 0 amide bonds. The first-order chi connectivity index (χ1) is 9.22. The third kappa shape index (κ3) is 3.22. The van der Waals surface area contributed by atoms with Gasteiger partial charge in [0.05, 0.1) is 5.52 Å².